The van der Waals surface area contributed by atoms with E-state index in [0.29, 0.717) is 31.1 Å². The van der Waals surface area contributed by atoms with Gasteiger partial charge in [0.05, 0.1) is 12.3 Å². The Kier molecular flexibility index (Phi) is 6.65. The quantitative estimate of drug-likeness (QED) is 0.713. The number of hydrogen-bond donors (Lipinski definition) is 2. The molecule has 0 unspecified atom stereocenters. The van der Waals surface area contributed by atoms with Crippen molar-refractivity contribution in [3.8, 4) is 5.75 Å². The minimum atomic E-state index is -0.601. The molecule has 1 fully saturated rings. The van der Waals surface area contributed by atoms with Gasteiger partial charge in [0.15, 0.2) is 0 Å². The summed E-state index contributed by atoms with van der Waals surface area (Å²) >= 11 is 0. The summed E-state index contributed by atoms with van der Waals surface area (Å²) < 4.78 is 32.6. The molecule has 0 aromatic heterocycles. The van der Waals surface area contributed by atoms with Gasteiger partial charge in [-0.2, -0.15) is 0 Å². The number of rotatable bonds is 7. The maximum atomic E-state index is 13.9. The Labute approximate surface area is 162 Å². The number of primary amides is 1. The largest absolute Gasteiger partial charge is 0.494 e. The van der Waals surface area contributed by atoms with Crippen molar-refractivity contribution in [3.05, 3.63) is 54.1 Å². The highest BCUT2D eigenvalue weighted by Gasteiger charge is 2.19. The molecular weight excluding hydrogens is 366 g/mol. The Morgan fingerprint density at radius 1 is 1.07 bits per heavy atom. The van der Waals surface area contributed by atoms with Crippen LogP contribution in [0.1, 0.15) is 6.42 Å². The molecule has 0 saturated carbocycles. The highest BCUT2D eigenvalue weighted by molar-refractivity contribution is 5.87. The molecule has 1 heterocycles. The van der Waals surface area contributed by atoms with Crippen molar-refractivity contribution in [2.75, 3.05) is 49.5 Å². The van der Waals surface area contributed by atoms with Gasteiger partial charge in [0.1, 0.15) is 17.4 Å². The summed E-state index contributed by atoms with van der Waals surface area (Å²) in [4.78, 5) is 15.0. The average molecular weight is 390 g/mol. The zero-order valence-electron chi connectivity index (χ0n) is 15.5. The fourth-order valence-corrected chi connectivity index (χ4v) is 3.21. The second kappa shape index (κ2) is 9.36. The van der Waals surface area contributed by atoms with Gasteiger partial charge in [-0.15, -0.1) is 0 Å². The number of nitrogens with two attached hydrogens (primary N) is 1. The van der Waals surface area contributed by atoms with Gasteiger partial charge in [-0.1, -0.05) is 0 Å². The number of benzene rings is 2. The predicted octanol–water partition coefficient (Wildman–Crippen LogP) is 3.05. The lowest BCUT2D eigenvalue weighted by Gasteiger charge is -2.36. The van der Waals surface area contributed by atoms with Crippen LogP contribution in [-0.4, -0.2) is 50.3 Å². The summed E-state index contributed by atoms with van der Waals surface area (Å²) in [6, 6.07) is 10.1. The molecule has 0 bridgehead atoms. The van der Waals surface area contributed by atoms with Gasteiger partial charge in [0.2, 0.25) is 0 Å². The molecule has 150 valence electrons. The summed E-state index contributed by atoms with van der Waals surface area (Å²) in [5.74, 6) is -0.343. The zero-order valence-corrected chi connectivity index (χ0v) is 15.5. The van der Waals surface area contributed by atoms with E-state index < -0.39 is 17.7 Å². The Bertz CT molecular complexity index is 793. The first-order valence-corrected chi connectivity index (χ1v) is 9.23. The first kappa shape index (κ1) is 19.9. The van der Waals surface area contributed by atoms with E-state index in [4.69, 9.17) is 10.5 Å². The van der Waals surface area contributed by atoms with Crippen molar-refractivity contribution in [2.24, 2.45) is 5.73 Å². The molecule has 28 heavy (non-hydrogen) atoms. The number of halogens is 2. The molecule has 1 saturated heterocycles. The number of hydrogen-bond acceptors (Lipinski definition) is 4. The fraction of sp³-hybridized carbons (Fsp3) is 0.350. The lowest BCUT2D eigenvalue weighted by Crippen LogP contribution is -2.47. The highest BCUT2D eigenvalue weighted by atomic mass is 19.1. The van der Waals surface area contributed by atoms with Gasteiger partial charge in [-0.05, 0) is 42.8 Å². The van der Waals surface area contributed by atoms with Gasteiger partial charge in [0, 0.05) is 44.5 Å². The highest BCUT2D eigenvalue weighted by Crippen LogP contribution is 2.21. The van der Waals surface area contributed by atoms with Crippen LogP contribution in [0.3, 0.4) is 0 Å². The molecule has 0 aliphatic carbocycles. The second-order valence-corrected chi connectivity index (χ2v) is 6.64. The Balaban J connectivity index is 1.36. The van der Waals surface area contributed by atoms with Crippen molar-refractivity contribution < 1.29 is 18.3 Å². The maximum Gasteiger partial charge on any atom is 0.316 e. The van der Waals surface area contributed by atoms with E-state index in [9.17, 15) is 13.6 Å². The van der Waals surface area contributed by atoms with E-state index in [2.05, 4.69) is 10.2 Å². The molecule has 2 aromatic carbocycles. The van der Waals surface area contributed by atoms with Gasteiger partial charge in [-0.3, -0.25) is 4.90 Å². The molecule has 0 spiro atoms. The van der Waals surface area contributed by atoms with Crippen LogP contribution < -0.4 is 20.7 Å². The van der Waals surface area contributed by atoms with Crippen LogP contribution in [0.4, 0.5) is 25.0 Å². The minimum absolute atomic E-state index is 0.457. The third-order valence-electron chi connectivity index (χ3n) is 4.63. The number of nitrogens with zero attached hydrogens (tertiary/aromatic N) is 2. The number of nitrogens with one attached hydrogen (secondary N) is 1. The lowest BCUT2D eigenvalue weighted by molar-refractivity contribution is 0.224. The smallest absolute Gasteiger partial charge is 0.316 e. The molecule has 3 N–H and O–H groups in total. The van der Waals surface area contributed by atoms with Crippen molar-refractivity contribution in [1.29, 1.82) is 0 Å². The molecule has 0 radical (unpaired) electrons. The Morgan fingerprint density at radius 2 is 1.79 bits per heavy atom. The number of ether oxygens (including phenoxy) is 1. The van der Waals surface area contributed by atoms with Crippen molar-refractivity contribution in [3.63, 3.8) is 0 Å². The summed E-state index contributed by atoms with van der Waals surface area (Å²) in [6.45, 7) is 4.53. The first-order chi connectivity index (χ1) is 13.5. The van der Waals surface area contributed by atoms with Crippen molar-refractivity contribution in [1.82, 2.24) is 4.90 Å². The number of amides is 2. The van der Waals surface area contributed by atoms with Gasteiger partial charge in [-0.25, -0.2) is 13.6 Å². The van der Waals surface area contributed by atoms with E-state index in [1.54, 1.807) is 24.3 Å². The van der Waals surface area contributed by atoms with E-state index in [1.165, 1.54) is 12.1 Å². The molecule has 2 amide bonds. The molecular formula is C20H24F2N4O2. The lowest BCUT2D eigenvalue weighted by atomic mass is 10.2. The van der Waals surface area contributed by atoms with Gasteiger partial charge >= 0.3 is 6.03 Å². The van der Waals surface area contributed by atoms with Crippen LogP contribution in [0.25, 0.3) is 0 Å². The van der Waals surface area contributed by atoms with Crippen LogP contribution in [0.5, 0.6) is 5.75 Å². The number of piperazine rings is 1. The summed E-state index contributed by atoms with van der Waals surface area (Å²) in [5, 5.41) is 2.49. The molecule has 1 aliphatic rings. The first-order valence-electron chi connectivity index (χ1n) is 9.23. The van der Waals surface area contributed by atoms with Crippen LogP contribution in [-0.2, 0) is 0 Å². The SMILES string of the molecule is NC(=O)Nc1ccc(OCCCN2CCN(c3ccc(F)cc3F)CC2)cc1. The minimum Gasteiger partial charge on any atom is -0.494 e. The molecule has 6 nitrogen and oxygen atoms in total. The third-order valence-corrected chi connectivity index (χ3v) is 4.63. The summed E-state index contributed by atoms with van der Waals surface area (Å²) in [5.41, 5.74) is 6.14. The molecule has 3 rings (SSSR count). The van der Waals surface area contributed by atoms with E-state index >= 15 is 0 Å². The molecule has 1 aliphatic heterocycles. The maximum absolute atomic E-state index is 13.9. The van der Waals surface area contributed by atoms with E-state index in [1.807, 2.05) is 4.90 Å². The van der Waals surface area contributed by atoms with E-state index in [-0.39, 0.29) is 0 Å². The predicted molar refractivity (Wildman–Crippen MR) is 105 cm³/mol. The Hall–Kier alpha value is -2.87. The monoisotopic (exact) mass is 390 g/mol. The molecule has 2 aromatic rings. The van der Waals surface area contributed by atoms with Gasteiger partial charge in [0.25, 0.3) is 0 Å². The van der Waals surface area contributed by atoms with Crippen LogP contribution in [0.15, 0.2) is 42.5 Å². The number of carbonyl (C=O) groups is 1. The normalized spacial score (nSPS) is 14.7. The van der Waals surface area contributed by atoms with Crippen LogP contribution in [0.2, 0.25) is 0 Å². The van der Waals surface area contributed by atoms with Gasteiger partial charge < -0.3 is 20.7 Å². The number of urea groups is 1. The number of anilines is 2. The Morgan fingerprint density at radius 3 is 2.43 bits per heavy atom. The zero-order chi connectivity index (χ0) is 19.9. The standard InChI is InChI=1S/C20H24F2N4O2/c21-15-2-7-19(18(22)14-15)26-11-9-25(10-12-26)8-1-13-28-17-5-3-16(4-6-17)24-20(23)27/h2-7,14H,1,8-13H2,(H3,23,24,27). The fourth-order valence-electron chi connectivity index (χ4n) is 3.21. The van der Waals surface area contributed by atoms with Crippen LogP contribution >= 0.6 is 0 Å². The second-order valence-electron chi connectivity index (χ2n) is 6.64. The van der Waals surface area contributed by atoms with Crippen molar-refractivity contribution in [2.45, 2.75) is 6.42 Å². The summed E-state index contributed by atoms with van der Waals surface area (Å²) in [7, 11) is 0. The van der Waals surface area contributed by atoms with Crippen molar-refractivity contribution >= 4 is 17.4 Å². The van der Waals surface area contributed by atoms with Crippen LogP contribution in [0, 0.1) is 11.6 Å². The average Bonchev–Trinajstić information content (AvgIpc) is 2.67. The number of carbonyl (C=O) groups excluding carboxylic acids is 1. The van der Waals surface area contributed by atoms with E-state index in [0.717, 1.165) is 37.9 Å². The third kappa shape index (κ3) is 5.56. The molecule has 0 atom stereocenters. The molecule has 8 heteroatoms. The topological polar surface area (TPSA) is 70.8 Å². The summed E-state index contributed by atoms with van der Waals surface area (Å²) in [6.07, 6.45) is 0.867.